The molecule has 0 radical (unpaired) electrons. The zero-order valence-electron chi connectivity index (χ0n) is 10.8. The van der Waals surface area contributed by atoms with Gasteiger partial charge in [-0.05, 0) is 35.0 Å². The molecule has 0 bridgehead atoms. The highest BCUT2D eigenvalue weighted by atomic mass is 79.9. The minimum absolute atomic E-state index is 0.00365. The first-order chi connectivity index (χ1) is 9.38. The van der Waals surface area contributed by atoms with E-state index in [1.807, 2.05) is 0 Å². The van der Waals surface area contributed by atoms with E-state index in [1.165, 1.54) is 13.2 Å². The van der Waals surface area contributed by atoms with Gasteiger partial charge in [-0.15, -0.1) is 0 Å². The van der Waals surface area contributed by atoms with Crippen molar-refractivity contribution in [2.75, 3.05) is 7.11 Å². The van der Waals surface area contributed by atoms with Gasteiger partial charge in [0.15, 0.2) is 0 Å². The molecule has 0 saturated heterocycles. The summed E-state index contributed by atoms with van der Waals surface area (Å²) in [6.07, 6.45) is 0. The monoisotopic (exact) mass is 335 g/mol. The van der Waals surface area contributed by atoms with Crippen LogP contribution in [-0.2, 0) is 9.53 Å². The second kappa shape index (κ2) is 5.13. The third-order valence-electron chi connectivity index (χ3n) is 2.87. The maximum absolute atomic E-state index is 12.4. The van der Waals surface area contributed by atoms with Gasteiger partial charge in [0.05, 0.1) is 28.3 Å². The average molecular weight is 336 g/mol. The minimum Gasteiger partial charge on any atom is -0.465 e. The molecule has 0 unspecified atom stereocenters. The molecular weight excluding hydrogens is 326 g/mol. The standard InChI is InChI=1S/C14H10BrNO4/c1-6-4-5-8-11(16-6)13(18)9(10(15)12(8)17)7(2)14(19)20-3/h4-5H,2H2,1,3H3. The summed E-state index contributed by atoms with van der Waals surface area (Å²) in [5, 5.41) is 0. The van der Waals surface area contributed by atoms with E-state index in [-0.39, 0.29) is 26.9 Å². The molecule has 6 heteroatoms. The number of esters is 1. The molecule has 0 N–H and O–H groups in total. The highest BCUT2D eigenvalue weighted by Gasteiger charge is 2.35. The second-order valence-electron chi connectivity index (χ2n) is 4.17. The number of ether oxygens (including phenoxy) is 1. The third kappa shape index (κ3) is 2.12. The lowest BCUT2D eigenvalue weighted by atomic mass is 9.89. The van der Waals surface area contributed by atoms with Crippen LogP contribution in [0.3, 0.4) is 0 Å². The molecule has 0 fully saturated rings. The maximum atomic E-state index is 12.4. The number of nitrogens with zero attached hydrogens (tertiary/aromatic N) is 1. The van der Waals surface area contributed by atoms with Crippen LogP contribution < -0.4 is 0 Å². The summed E-state index contributed by atoms with van der Waals surface area (Å²) in [5.41, 5.74) is 0.553. The van der Waals surface area contributed by atoms with Gasteiger partial charge in [-0.3, -0.25) is 9.59 Å². The predicted molar refractivity (Wildman–Crippen MR) is 74.7 cm³/mol. The second-order valence-corrected chi connectivity index (χ2v) is 4.96. The molecule has 0 amide bonds. The normalized spacial score (nSPS) is 14.2. The van der Waals surface area contributed by atoms with E-state index >= 15 is 0 Å². The number of methoxy groups -OCH3 is 1. The van der Waals surface area contributed by atoms with Crippen molar-refractivity contribution >= 4 is 33.5 Å². The van der Waals surface area contributed by atoms with Gasteiger partial charge >= 0.3 is 5.97 Å². The number of allylic oxidation sites excluding steroid dienone is 1. The molecule has 1 aromatic heterocycles. The fraction of sp³-hybridized carbons (Fsp3) is 0.143. The molecule has 1 aliphatic rings. The van der Waals surface area contributed by atoms with Crippen molar-refractivity contribution in [3.63, 3.8) is 0 Å². The van der Waals surface area contributed by atoms with Crippen LogP contribution in [0, 0.1) is 6.92 Å². The van der Waals surface area contributed by atoms with Crippen molar-refractivity contribution in [1.82, 2.24) is 4.98 Å². The van der Waals surface area contributed by atoms with Crippen LogP contribution >= 0.6 is 15.9 Å². The smallest absolute Gasteiger partial charge is 0.338 e. The Hall–Kier alpha value is -2.08. The molecule has 0 atom stereocenters. The topological polar surface area (TPSA) is 73.3 Å². The predicted octanol–water partition coefficient (Wildman–Crippen LogP) is 2.15. The largest absolute Gasteiger partial charge is 0.465 e. The number of aromatic nitrogens is 1. The Bertz CT molecular complexity index is 703. The Morgan fingerprint density at radius 2 is 1.95 bits per heavy atom. The third-order valence-corrected chi connectivity index (χ3v) is 3.63. The first kappa shape index (κ1) is 14.3. The number of hydrogen-bond acceptors (Lipinski definition) is 5. The molecule has 0 aromatic carbocycles. The zero-order chi connectivity index (χ0) is 15.0. The Kier molecular flexibility index (Phi) is 3.67. The van der Waals surface area contributed by atoms with E-state index in [2.05, 4.69) is 32.2 Å². The van der Waals surface area contributed by atoms with Gasteiger partial charge in [-0.25, -0.2) is 9.78 Å². The number of hydrogen-bond donors (Lipinski definition) is 0. The summed E-state index contributed by atoms with van der Waals surface area (Å²) in [7, 11) is 1.17. The number of carbonyl (C=O) groups is 3. The number of aryl methyl sites for hydroxylation is 1. The average Bonchev–Trinajstić information content (AvgIpc) is 2.44. The number of rotatable bonds is 2. The molecule has 0 spiro atoms. The Balaban J connectivity index is 2.63. The molecular formula is C14H10BrNO4. The van der Waals surface area contributed by atoms with Crippen LogP contribution in [0.25, 0.3) is 0 Å². The number of halogens is 1. The molecule has 102 valence electrons. The van der Waals surface area contributed by atoms with E-state index in [4.69, 9.17) is 0 Å². The lowest BCUT2D eigenvalue weighted by Crippen LogP contribution is -2.25. The highest BCUT2D eigenvalue weighted by Crippen LogP contribution is 2.32. The molecule has 1 heterocycles. The van der Waals surface area contributed by atoms with Crippen molar-refractivity contribution in [2.24, 2.45) is 0 Å². The van der Waals surface area contributed by atoms with Crippen LogP contribution in [-0.4, -0.2) is 29.6 Å². The number of ketones is 2. The summed E-state index contributed by atoms with van der Waals surface area (Å²) in [4.78, 5) is 40.2. The minimum atomic E-state index is -0.769. The van der Waals surface area contributed by atoms with Crippen molar-refractivity contribution in [1.29, 1.82) is 0 Å². The van der Waals surface area contributed by atoms with Gasteiger partial charge in [0, 0.05) is 5.69 Å². The lowest BCUT2D eigenvalue weighted by Gasteiger charge is -2.18. The molecule has 1 aromatic rings. The van der Waals surface area contributed by atoms with Crippen molar-refractivity contribution in [3.05, 3.63) is 51.3 Å². The molecule has 0 saturated carbocycles. The SMILES string of the molecule is C=C(C(=O)OC)C1=C(Br)C(=O)c2ccc(C)nc2C1=O. The van der Waals surface area contributed by atoms with Gasteiger partial charge in [0.1, 0.15) is 5.69 Å². The highest BCUT2D eigenvalue weighted by molar-refractivity contribution is 9.12. The van der Waals surface area contributed by atoms with Gasteiger partial charge in [0.25, 0.3) is 0 Å². The van der Waals surface area contributed by atoms with Gasteiger partial charge in [0.2, 0.25) is 11.6 Å². The number of fused-ring (bicyclic) bond motifs is 1. The first-order valence-corrected chi connectivity index (χ1v) is 6.42. The summed E-state index contributed by atoms with van der Waals surface area (Å²) >= 11 is 3.06. The summed E-state index contributed by atoms with van der Waals surface area (Å²) < 4.78 is 4.53. The van der Waals surface area contributed by atoms with Crippen LogP contribution in [0.5, 0.6) is 0 Å². The van der Waals surface area contributed by atoms with Crippen molar-refractivity contribution < 1.29 is 19.1 Å². The fourth-order valence-corrected chi connectivity index (χ4v) is 2.49. The van der Waals surface area contributed by atoms with Crippen LogP contribution in [0.2, 0.25) is 0 Å². The summed E-state index contributed by atoms with van der Waals surface area (Å²) in [6, 6.07) is 3.18. The van der Waals surface area contributed by atoms with E-state index in [0.717, 1.165) is 0 Å². The van der Waals surface area contributed by atoms with Gasteiger partial charge in [-0.1, -0.05) is 6.58 Å². The maximum Gasteiger partial charge on any atom is 0.338 e. The summed E-state index contributed by atoms with van der Waals surface area (Å²) in [5.74, 6) is -1.70. The summed E-state index contributed by atoms with van der Waals surface area (Å²) in [6.45, 7) is 5.23. The molecule has 1 aliphatic carbocycles. The van der Waals surface area contributed by atoms with Crippen LogP contribution in [0.1, 0.15) is 26.5 Å². The van der Waals surface area contributed by atoms with Gasteiger partial charge < -0.3 is 4.74 Å². The van der Waals surface area contributed by atoms with E-state index < -0.39 is 17.5 Å². The van der Waals surface area contributed by atoms with E-state index in [9.17, 15) is 14.4 Å². The molecule has 20 heavy (non-hydrogen) atoms. The zero-order valence-corrected chi connectivity index (χ0v) is 12.4. The number of Topliss-reactive ketones (excluding diaryl/α,β-unsaturated/α-hetero) is 2. The van der Waals surface area contributed by atoms with E-state index in [1.54, 1.807) is 13.0 Å². The Morgan fingerprint density at radius 1 is 1.30 bits per heavy atom. The Labute approximate surface area is 123 Å². The fourth-order valence-electron chi connectivity index (χ4n) is 1.86. The quantitative estimate of drug-likeness (QED) is 0.611. The van der Waals surface area contributed by atoms with Crippen LogP contribution in [0.4, 0.5) is 0 Å². The van der Waals surface area contributed by atoms with Crippen molar-refractivity contribution in [2.45, 2.75) is 6.92 Å². The number of carbonyl (C=O) groups excluding carboxylic acids is 3. The molecule has 0 aliphatic heterocycles. The van der Waals surface area contributed by atoms with E-state index in [0.29, 0.717) is 5.69 Å². The molecule has 2 rings (SSSR count). The molecule has 5 nitrogen and oxygen atoms in total. The first-order valence-electron chi connectivity index (χ1n) is 5.63. The van der Waals surface area contributed by atoms with Crippen LogP contribution in [0.15, 0.2) is 34.3 Å². The number of pyridine rings is 1. The lowest BCUT2D eigenvalue weighted by molar-refractivity contribution is -0.135. The van der Waals surface area contributed by atoms with Crippen molar-refractivity contribution in [3.8, 4) is 0 Å². The van der Waals surface area contributed by atoms with Gasteiger partial charge in [-0.2, -0.15) is 0 Å². The Morgan fingerprint density at radius 3 is 2.55 bits per heavy atom.